The minimum atomic E-state index is -0.317. The molecule has 28 heavy (non-hydrogen) atoms. The Labute approximate surface area is 168 Å². The van der Waals surface area contributed by atoms with Gasteiger partial charge in [0.05, 0.1) is 5.52 Å². The summed E-state index contributed by atoms with van der Waals surface area (Å²) in [5.41, 5.74) is 1.95. The van der Waals surface area contributed by atoms with Crippen LogP contribution in [0.1, 0.15) is 46.4 Å². The van der Waals surface area contributed by atoms with Crippen molar-refractivity contribution in [2.24, 2.45) is 0 Å². The number of carbonyl (C=O) groups excluding carboxylic acids is 2. The van der Waals surface area contributed by atoms with E-state index in [9.17, 15) is 9.59 Å². The van der Waals surface area contributed by atoms with Crippen LogP contribution in [0.2, 0.25) is 5.02 Å². The van der Waals surface area contributed by atoms with Crippen LogP contribution in [0.3, 0.4) is 0 Å². The molecule has 3 aromatic rings. The molecule has 146 valence electrons. The van der Waals surface area contributed by atoms with Crippen molar-refractivity contribution in [3.63, 3.8) is 0 Å². The molecular weight excluding hydrogens is 376 g/mol. The molecule has 2 heterocycles. The highest BCUT2D eigenvalue weighted by molar-refractivity contribution is 6.30. The van der Waals surface area contributed by atoms with E-state index in [1.165, 1.54) is 0 Å². The van der Waals surface area contributed by atoms with E-state index >= 15 is 0 Å². The number of imidazole rings is 1. The first-order valence-electron chi connectivity index (χ1n) is 9.38. The lowest BCUT2D eigenvalue weighted by atomic mass is 10.1. The standard InChI is InChI=1S/C21H23ClN4O2/c1-2-3-12-23-20(27)18-17-6-4-5-14-26(17)19(25-18)21(28)24-13-11-15-7-9-16(22)10-8-15/h4-10,14H,2-3,11-13H2,1H3,(H,23,27)(H,24,28). The van der Waals surface area contributed by atoms with Crippen molar-refractivity contribution in [1.82, 2.24) is 20.0 Å². The molecular formula is C21H23ClN4O2. The van der Waals surface area contributed by atoms with Crippen LogP contribution in [0.5, 0.6) is 0 Å². The highest BCUT2D eigenvalue weighted by Gasteiger charge is 2.20. The van der Waals surface area contributed by atoms with Crippen LogP contribution in [-0.4, -0.2) is 34.3 Å². The number of hydrogen-bond donors (Lipinski definition) is 2. The van der Waals surface area contributed by atoms with Gasteiger partial charge in [-0.2, -0.15) is 0 Å². The molecule has 0 aliphatic carbocycles. The molecule has 0 atom stereocenters. The van der Waals surface area contributed by atoms with E-state index in [-0.39, 0.29) is 23.3 Å². The molecule has 2 amide bonds. The number of pyridine rings is 1. The molecule has 2 aromatic heterocycles. The first-order valence-corrected chi connectivity index (χ1v) is 9.76. The van der Waals surface area contributed by atoms with E-state index in [0.717, 1.165) is 18.4 Å². The highest BCUT2D eigenvalue weighted by Crippen LogP contribution is 2.14. The average molecular weight is 399 g/mol. The van der Waals surface area contributed by atoms with E-state index in [2.05, 4.69) is 22.5 Å². The number of nitrogens with one attached hydrogen (secondary N) is 2. The van der Waals surface area contributed by atoms with Crippen LogP contribution < -0.4 is 10.6 Å². The third-order valence-electron chi connectivity index (χ3n) is 4.39. The van der Waals surface area contributed by atoms with Crippen LogP contribution in [0.4, 0.5) is 0 Å². The number of benzene rings is 1. The Morgan fingerprint density at radius 1 is 1.04 bits per heavy atom. The van der Waals surface area contributed by atoms with Gasteiger partial charge in [0.25, 0.3) is 11.8 Å². The van der Waals surface area contributed by atoms with Crippen LogP contribution in [0.25, 0.3) is 5.52 Å². The fraction of sp³-hybridized carbons (Fsp3) is 0.286. The minimum absolute atomic E-state index is 0.201. The summed E-state index contributed by atoms with van der Waals surface area (Å²) in [4.78, 5) is 29.4. The quantitative estimate of drug-likeness (QED) is 0.570. The van der Waals surface area contributed by atoms with Gasteiger partial charge < -0.3 is 10.6 Å². The van der Waals surface area contributed by atoms with Crippen molar-refractivity contribution in [3.05, 3.63) is 70.8 Å². The van der Waals surface area contributed by atoms with Gasteiger partial charge in [-0.05, 0) is 42.7 Å². The maximum Gasteiger partial charge on any atom is 0.287 e. The SMILES string of the molecule is CCCCNC(=O)c1nc(C(=O)NCCc2ccc(Cl)cc2)n2ccccc12. The summed E-state index contributed by atoms with van der Waals surface area (Å²) in [6, 6.07) is 12.9. The first kappa shape index (κ1) is 19.9. The number of nitrogens with zero attached hydrogens (tertiary/aromatic N) is 2. The van der Waals surface area contributed by atoms with E-state index in [4.69, 9.17) is 11.6 Å². The maximum absolute atomic E-state index is 12.7. The predicted molar refractivity (Wildman–Crippen MR) is 110 cm³/mol. The van der Waals surface area contributed by atoms with Crippen molar-refractivity contribution in [2.75, 3.05) is 13.1 Å². The molecule has 0 aliphatic heterocycles. The largest absolute Gasteiger partial charge is 0.351 e. The van der Waals surface area contributed by atoms with Crippen LogP contribution in [0.15, 0.2) is 48.7 Å². The monoisotopic (exact) mass is 398 g/mol. The van der Waals surface area contributed by atoms with Gasteiger partial charge >= 0.3 is 0 Å². The Morgan fingerprint density at radius 2 is 1.79 bits per heavy atom. The first-order chi connectivity index (χ1) is 13.6. The Kier molecular flexibility index (Phi) is 6.66. The topological polar surface area (TPSA) is 75.5 Å². The molecule has 0 aliphatic rings. The lowest BCUT2D eigenvalue weighted by molar-refractivity contribution is 0.0943. The van der Waals surface area contributed by atoms with Gasteiger partial charge in [0.15, 0.2) is 5.69 Å². The molecule has 6 nitrogen and oxygen atoms in total. The number of fused-ring (bicyclic) bond motifs is 1. The Bertz CT molecular complexity index is 966. The summed E-state index contributed by atoms with van der Waals surface area (Å²) < 4.78 is 1.65. The molecule has 2 N–H and O–H groups in total. The molecule has 0 saturated carbocycles. The highest BCUT2D eigenvalue weighted by atomic mass is 35.5. The number of amides is 2. The normalized spacial score (nSPS) is 10.8. The molecule has 0 spiro atoms. The summed E-state index contributed by atoms with van der Waals surface area (Å²) in [6.45, 7) is 3.11. The van der Waals surface area contributed by atoms with Crippen molar-refractivity contribution in [3.8, 4) is 0 Å². The zero-order chi connectivity index (χ0) is 19.9. The summed E-state index contributed by atoms with van der Waals surface area (Å²) in [6.07, 6.45) is 4.30. The fourth-order valence-electron chi connectivity index (χ4n) is 2.88. The smallest absolute Gasteiger partial charge is 0.287 e. The van der Waals surface area contributed by atoms with Gasteiger partial charge in [-0.3, -0.25) is 14.0 Å². The summed E-state index contributed by atoms with van der Waals surface area (Å²) in [5, 5.41) is 6.41. The van der Waals surface area contributed by atoms with E-state index < -0.39 is 0 Å². The molecule has 0 fully saturated rings. The molecule has 0 bridgehead atoms. The van der Waals surface area contributed by atoms with Gasteiger partial charge in [-0.15, -0.1) is 0 Å². The molecule has 0 radical (unpaired) electrons. The van der Waals surface area contributed by atoms with E-state index in [1.807, 2.05) is 30.3 Å². The summed E-state index contributed by atoms with van der Waals surface area (Å²) in [5.74, 6) is -0.382. The van der Waals surface area contributed by atoms with Gasteiger partial charge in [-0.25, -0.2) is 4.98 Å². The number of carbonyl (C=O) groups is 2. The van der Waals surface area contributed by atoms with Crippen LogP contribution in [-0.2, 0) is 6.42 Å². The molecule has 0 unspecified atom stereocenters. The van der Waals surface area contributed by atoms with E-state index in [0.29, 0.717) is 30.0 Å². The Morgan fingerprint density at radius 3 is 2.54 bits per heavy atom. The van der Waals surface area contributed by atoms with Crippen molar-refractivity contribution >= 4 is 28.9 Å². The number of halogens is 1. The fourth-order valence-corrected chi connectivity index (χ4v) is 3.00. The minimum Gasteiger partial charge on any atom is -0.351 e. The number of unbranched alkanes of at least 4 members (excludes halogenated alkanes) is 1. The predicted octanol–water partition coefficient (Wildman–Crippen LogP) is 3.49. The van der Waals surface area contributed by atoms with Crippen molar-refractivity contribution in [1.29, 1.82) is 0 Å². The zero-order valence-corrected chi connectivity index (χ0v) is 16.5. The van der Waals surface area contributed by atoms with Gasteiger partial charge in [0.2, 0.25) is 5.82 Å². The molecule has 7 heteroatoms. The van der Waals surface area contributed by atoms with Crippen LogP contribution >= 0.6 is 11.6 Å². The Hall–Kier alpha value is -2.86. The third kappa shape index (κ3) is 4.70. The summed E-state index contributed by atoms with van der Waals surface area (Å²) in [7, 11) is 0. The van der Waals surface area contributed by atoms with Gasteiger partial charge in [-0.1, -0.05) is 43.1 Å². The Balaban J connectivity index is 1.71. The lowest BCUT2D eigenvalue weighted by Gasteiger charge is -2.05. The maximum atomic E-state index is 12.7. The zero-order valence-electron chi connectivity index (χ0n) is 15.7. The number of aromatic nitrogens is 2. The van der Waals surface area contributed by atoms with Crippen molar-refractivity contribution in [2.45, 2.75) is 26.2 Å². The molecule has 0 saturated heterocycles. The second-order valence-electron chi connectivity index (χ2n) is 6.48. The lowest BCUT2D eigenvalue weighted by Crippen LogP contribution is -2.28. The average Bonchev–Trinajstić information content (AvgIpc) is 3.09. The second kappa shape index (κ2) is 9.37. The van der Waals surface area contributed by atoms with E-state index in [1.54, 1.807) is 22.7 Å². The second-order valence-corrected chi connectivity index (χ2v) is 6.92. The third-order valence-corrected chi connectivity index (χ3v) is 4.65. The van der Waals surface area contributed by atoms with Crippen LogP contribution in [0, 0.1) is 0 Å². The molecule has 1 aromatic carbocycles. The summed E-state index contributed by atoms with van der Waals surface area (Å²) >= 11 is 5.89. The van der Waals surface area contributed by atoms with Crippen molar-refractivity contribution < 1.29 is 9.59 Å². The number of hydrogen-bond acceptors (Lipinski definition) is 3. The van der Waals surface area contributed by atoms with Gasteiger partial charge in [0, 0.05) is 24.3 Å². The molecule has 3 rings (SSSR count). The van der Waals surface area contributed by atoms with Gasteiger partial charge in [0.1, 0.15) is 0 Å². The number of rotatable bonds is 8.